The molecule has 0 bridgehead atoms. The molecule has 6 heteroatoms. The fourth-order valence-electron chi connectivity index (χ4n) is 3.24. The van der Waals surface area contributed by atoms with Gasteiger partial charge in [0, 0.05) is 6.42 Å². The summed E-state index contributed by atoms with van der Waals surface area (Å²) in [4.78, 5) is 12.7. The van der Waals surface area contributed by atoms with Crippen molar-refractivity contribution in [2.24, 2.45) is 0 Å². The van der Waals surface area contributed by atoms with Crippen LogP contribution >= 0.6 is 7.60 Å². The first-order valence-electron chi connectivity index (χ1n) is 9.95. The van der Waals surface area contributed by atoms with E-state index in [1.54, 1.807) is 27.7 Å². The lowest BCUT2D eigenvalue weighted by Crippen LogP contribution is -2.28. The molecule has 2 rings (SSSR count). The Morgan fingerprint density at radius 2 is 1.31 bits per heavy atom. The Morgan fingerprint density at radius 3 is 1.69 bits per heavy atom. The van der Waals surface area contributed by atoms with Gasteiger partial charge in [-0.05, 0) is 45.2 Å². The van der Waals surface area contributed by atoms with Gasteiger partial charge in [0.1, 0.15) is 17.5 Å². The SMILES string of the molecule is CC(C)OP(=O)(CC(=O)CCC(O)(c1ccccc1)c1ccccc1)OC(C)C. The molecule has 0 saturated heterocycles. The van der Waals surface area contributed by atoms with Crippen LogP contribution in [0.25, 0.3) is 0 Å². The van der Waals surface area contributed by atoms with E-state index in [0.29, 0.717) is 11.1 Å². The molecule has 0 heterocycles. The molecule has 29 heavy (non-hydrogen) atoms. The van der Waals surface area contributed by atoms with Crippen molar-refractivity contribution >= 4 is 13.4 Å². The molecule has 0 aliphatic carbocycles. The minimum absolute atomic E-state index is 0.0488. The van der Waals surface area contributed by atoms with Gasteiger partial charge in [0.05, 0.1) is 12.2 Å². The lowest BCUT2D eigenvalue weighted by molar-refractivity contribution is -0.118. The molecule has 0 unspecified atom stereocenters. The number of Topliss-reactive ketones (excluding diaryl/α,β-unsaturated/α-hetero) is 1. The summed E-state index contributed by atoms with van der Waals surface area (Å²) in [7, 11) is -3.54. The van der Waals surface area contributed by atoms with Crippen LogP contribution in [0, 0.1) is 0 Å². The van der Waals surface area contributed by atoms with Gasteiger partial charge in [0.25, 0.3) is 0 Å². The number of hydrogen-bond donors (Lipinski definition) is 1. The number of ketones is 1. The zero-order chi connectivity index (χ0) is 21.5. The molecule has 0 fully saturated rings. The molecule has 5 nitrogen and oxygen atoms in total. The number of aliphatic hydroxyl groups is 1. The first-order chi connectivity index (χ1) is 13.6. The van der Waals surface area contributed by atoms with Crippen LogP contribution in [0.3, 0.4) is 0 Å². The summed E-state index contributed by atoms with van der Waals surface area (Å²) in [5.74, 6) is -0.264. The minimum atomic E-state index is -3.54. The maximum Gasteiger partial charge on any atom is 0.338 e. The van der Waals surface area contributed by atoms with Crippen molar-refractivity contribution in [1.82, 2.24) is 0 Å². The number of carbonyl (C=O) groups excluding carboxylic acids is 1. The van der Waals surface area contributed by atoms with Gasteiger partial charge in [-0.25, -0.2) is 0 Å². The Bertz CT molecular complexity index is 764. The van der Waals surface area contributed by atoms with Gasteiger partial charge in [-0.1, -0.05) is 60.7 Å². The van der Waals surface area contributed by atoms with Crippen molar-refractivity contribution in [3.05, 3.63) is 71.8 Å². The molecule has 0 spiro atoms. The van der Waals surface area contributed by atoms with Crippen LogP contribution in [0.2, 0.25) is 0 Å². The minimum Gasteiger partial charge on any atom is -0.380 e. The van der Waals surface area contributed by atoms with Crippen molar-refractivity contribution in [2.45, 2.75) is 58.3 Å². The third-order valence-corrected chi connectivity index (χ3v) is 6.61. The van der Waals surface area contributed by atoms with E-state index in [-0.39, 0.29) is 37.0 Å². The number of rotatable bonds is 11. The average molecular weight is 418 g/mol. The van der Waals surface area contributed by atoms with E-state index in [9.17, 15) is 14.5 Å². The molecule has 0 aliphatic rings. The Labute approximate surface area is 173 Å². The third-order valence-electron chi connectivity index (χ3n) is 4.38. The predicted octanol–water partition coefficient (Wildman–Crippen LogP) is 5.31. The smallest absolute Gasteiger partial charge is 0.338 e. The van der Waals surface area contributed by atoms with Crippen molar-refractivity contribution in [3.63, 3.8) is 0 Å². The molecule has 0 aromatic heterocycles. The summed E-state index contributed by atoms with van der Waals surface area (Å²) in [5.41, 5.74) is 0.0954. The van der Waals surface area contributed by atoms with Gasteiger partial charge in [-0.15, -0.1) is 0 Å². The van der Waals surface area contributed by atoms with Gasteiger partial charge < -0.3 is 14.2 Å². The van der Waals surface area contributed by atoms with Gasteiger partial charge in [0.15, 0.2) is 0 Å². The van der Waals surface area contributed by atoms with Crippen LogP contribution in [0.15, 0.2) is 60.7 Å². The Hall–Kier alpha value is -1.78. The van der Waals surface area contributed by atoms with E-state index < -0.39 is 13.2 Å². The molecule has 0 amide bonds. The first-order valence-corrected chi connectivity index (χ1v) is 11.7. The summed E-state index contributed by atoms with van der Waals surface area (Å²) < 4.78 is 23.9. The molecule has 0 radical (unpaired) electrons. The van der Waals surface area contributed by atoms with E-state index in [1.807, 2.05) is 60.7 Å². The Kier molecular flexibility index (Phi) is 8.35. The summed E-state index contributed by atoms with van der Waals surface area (Å²) in [5, 5.41) is 11.5. The molecular weight excluding hydrogens is 387 g/mol. The van der Waals surface area contributed by atoms with Crippen LogP contribution in [-0.2, 0) is 24.0 Å². The number of hydrogen-bond acceptors (Lipinski definition) is 5. The van der Waals surface area contributed by atoms with E-state index >= 15 is 0 Å². The summed E-state index contributed by atoms with van der Waals surface area (Å²) in [6.07, 6.45) is -0.727. The molecule has 1 N–H and O–H groups in total. The highest BCUT2D eigenvalue weighted by atomic mass is 31.2. The van der Waals surface area contributed by atoms with Crippen LogP contribution in [0.5, 0.6) is 0 Å². The normalized spacial score (nSPS) is 12.5. The predicted molar refractivity (Wildman–Crippen MR) is 115 cm³/mol. The van der Waals surface area contributed by atoms with Gasteiger partial charge >= 0.3 is 7.60 Å². The maximum atomic E-state index is 13.0. The van der Waals surface area contributed by atoms with Crippen LogP contribution in [0.1, 0.15) is 51.7 Å². The highest BCUT2D eigenvalue weighted by Gasteiger charge is 2.35. The number of benzene rings is 2. The molecular formula is C23H31O5P. The first kappa shape index (κ1) is 23.5. The highest BCUT2D eigenvalue weighted by Crippen LogP contribution is 2.50. The summed E-state index contributed by atoms with van der Waals surface area (Å²) >= 11 is 0. The quantitative estimate of drug-likeness (QED) is 0.500. The molecule has 0 atom stereocenters. The summed E-state index contributed by atoms with van der Waals surface area (Å²) in [6.45, 7) is 7.02. The monoisotopic (exact) mass is 418 g/mol. The van der Waals surface area contributed by atoms with E-state index in [1.165, 1.54) is 0 Å². The third kappa shape index (κ3) is 6.90. The Morgan fingerprint density at radius 1 is 0.897 bits per heavy atom. The van der Waals surface area contributed by atoms with Gasteiger partial charge in [0.2, 0.25) is 0 Å². The van der Waals surface area contributed by atoms with Crippen molar-refractivity contribution in [3.8, 4) is 0 Å². The lowest BCUT2D eigenvalue weighted by Gasteiger charge is -2.29. The standard InChI is InChI=1S/C23H31O5P/c1-18(2)27-29(26,28-19(3)4)17-22(24)15-16-23(25,20-11-7-5-8-12-20)21-13-9-6-10-14-21/h5-14,18-19,25H,15-17H2,1-4H3. The highest BCUT2D eigenvalue weighted by molar-refractivity contribution is 7.54. The lowest BCUT2D eigenvalue weighted by atomic mass is 9.82. The van der Waals surface area contributed by atoms with E-state index in [4.69, 9.17) is 9.05 Å². The number of carbonyl (C=O) groups is 1. The van der Waals surface area contributed by atoms with E-state index in [2.05, 4.69) is 0 Å². The van der Waals surface area contributed by atoms with Gasteiger partial charge in [-0.2, -0.15) is 0 Å². The van der Waals surface area contributed by atoms with Crippen molar-refractivity contribution in [1.29, 1.82) is 0 Å². The molecule has 2 aromatic carbocycles. The Balaban J connectivity index is 2.18. The van der Waals surface area contributed by atoms with E-state index in [0.717, 1.165) is 0 Å². The fourth-order valence-corrected chi connectivity index (χ4v) is 5.31. The second-order valence-corrected chi connectivity index (χ2v) is 9.67. The van der Waals surface area contributed by atoms with Crippen LogP contribution in [0.4, 0.5) is 0 Å². The molecule has 2 aromatic rings. The van der Waals surface area contributed by atoms with Crippen LogP contribution < -0.4 is 0 Å². The zero-order valence-electron chi connectivity index (χ0n) is 17.6. The topological polar surface area (TPSA) is 72.8 Å². The molecule has 0 saturated carbocycles. The molecule has 0 aliphatic heterocycles. The molecule has 158 valence electrons. The van der Waals surface area contributed by atoms with Crippen LogP contribution in [-0.4, -0.2) is 29.3 Å². The second-order valence-electron chi connectivity index (χ2n) is 7.71. The maximum absolute atomic E-state index is 13.0. The van der Waals surface area contributed by atoms with Crippen molar-refractivity contribution < 1.29 is 23.5 Å². The fraction of sp³-hybridized carbons (Fsp3) is 0.435. The largest absolute Gasteiger partial charge is 0.380 e. The average Bonchev–Trinajstić information content (AvgIpc) is 2.66. The zero-order valence-corrected chi connectivity index (χ0v) is 18.5. The van der Waals surface area contributed by atoms with Crippen molar-refractivity contribution in [2.75, 3.05) is 6.16 Å². The van der Waals surface area contributed by atoms with Gasteiger partial charge in [-0.3, -0.25) is 9.36 Å². The summed E-state index contributed by atoms with van der Waals surface area (Å²) in [6, 6.07) is 18.5. The second kappa shape index (κ2) is 10.3.